The smallest absolute Gasteiger partial charge is 0.234 e. The van der Waals surface area contributed by atoms with Gasteiger partial charge in [-0.1, -0.05) is 17.7 Å². The lowest BCUT2D eigenvalue weighted by Crippen LogP contribution is -2.14. The fourth-order valence-electron chi connectivity index (χ4n) is 1.14. The van der Waals surface area contributed by atoms with Gasteiger partial charge in [0.25, 0.3) is 0 Å². The summed E-state index contributed by atoms with van der Waals surface area (Å²) in [7, 11) is 1.66. The molecule has 0 aliphatic carbocycles. The zero-order chi connectivity index (χ0) is 11.8. The molecule has 1 aromatic carbocycles. The zero-order valence-corrected chi connectivity index (χ0v) is 10.5. The number of methoxy groups -OCH3 is 1. The van der Waals surface area contributed by atoms with E-state index in [1.165, 1.54) is 5.56 Å². The van der Waals surface area contributed by atoms with E-state index in [-0.39, 0.29) is 5.91 Å². The molecule has 0 saturated carbocycles. The number of nitrogens with one attached hydrogen (secondary N) is 1. The number of anilines is 1. The number of thioether (sulfide) groups is 1. The van der Waals surface area contributed by atoms with Gasteiger partial charge in [-0.3, -0.25) is 4.79 Å². The maximum Gasteiger partial charge on any atom is 0.234 e. The Kier molecular flexibility index (Phi) is 5.96. The number of rotatable bonds is 6. The van der Waals surface area contributed by atoms with Crippen LogP contribution in [0.25, 0.3) is 0 Å². The van der Waals surface area contributed by atoms with Crippen LogP contribution < -0.4 is 5.32 Å². The first kappa shape index (κ1) is 13.1. The molecule has 1 N–H and O–H groups in total. The minimum absolute atomic E-state index is 0.0324. The van der Waals surface area contributed by atoms with Crippen LogP contribution in [0, 0.1) is 6.92 Å². The lowest BCUT2D eigenvalue weighted by Gasteiger charge is -2.05. The first-order valence-corrected chi connectivity index (χ1v) is 6.31. The quantitative estimate of drug-likeness (QED) is 0.774. The highest BCUT2D eigenvalue weighted by Crippen LogP contribution is 2.09. The molecule has 0 heterocycles. The minimum Gasteiger partial charge on any atom is -0.384 e. The van der Waals surface area contributed by atoms with Crippen LogP contribution >= 0.6 is 11.8 Å². The molecule has 1 amide bonds. The molecular weight excluding hydrogens is 222 g/mol. The molecule has 88 valence electrons. The summed E-state index contributed by atoms with van der Waals surface area (Å²) in [5.74, 6) is 1.35. The number of benzene rings is 1. The standard InChI is InChI=1S/C12H17NO2S/c1-10-3-5-11(6-4-10)13-12(14)9-16-8-7-15-2/h3-6H,7-9H2,1-2H3,(H,13,14). The summed E-state index contributed by atoms with van der Waals surface area (Å²) < 4.78 is 4.90. The first-order valence-electron chi connectivity index (χ1n) is 5.15. The van der Waals surface area contributed by atoms with Crippen LogP contribution in [-0.4, -0.2) is 31.1 Å². The van der Waals surface area contributed by atoms with Crippen LogP contribution in [0.1, 0.15) is 5.56 Å². The Hall–Kier alpha value is -1.00. The van der Waals surface area contributed by atoms with Gasteiger partial charge < -0.3 is 10.1 Å². The van der Waals surface area contributed by atoms with Crippen molar-refractivity contribution in [2.24, 2.45) is 0 Å². The molecule has 0 fully saturated rings. The second-order valence-corrected chi connectivity index (χ2v) is 4.56. The van der Waals surface area contributed by atoms with Crippen molar-refractivity contribution in [2.75, 3.05) is 30.5 Å². The summed E-state index contributed by atoms with van der Waals surface area (Å²) in [6.45, 7) is 2.70. The van der Waals surface area contributed by atoms with E-state index in [0.29, 0.717) is 12.4 Å². The SMILES string of the molecule is COCCSCC(=O)Nc1ccc(C)cc1. The van der Waals surface area contributed by atoms with Gasteiger partial charge in [-0.15, -0.1) is 11.8 Å². The van der Waals surface area contributed by atoms with Crippen molar-refractivity contribution in [1.29, 1.82) is 0 Å². The molecular formula is C12H17NO2S. The van der Waals surface area contributed by atoms with Gasteiger partial charge in [0.2, 0.25) is 5.91 Å². The Morgan fingerprint density at radius 3 is 2.69 bits per heavy atom. The third-order valence-corrected chi connectivity index (χ3v) is 2.92. The van der Waals surface area contributed by atoms with E-state index in [4.69, 9.17) is 4.74 Å². The summed E-state index contributed by atoms with van der Waals surface area (Å²) in [5.41, 5.74) is 2.04. The molecule has 0 aromatic heterocycles. The van der Waals surface area contributed by atoms with E-state index >= 15 is 0 Å². The van der Waals surface area contributed by atoms with Crippen molar-refractivity contribution < 1.29 is 9.53 Å². The molecule has 0 radical (unpaired) electrons. The Balaban J connectivity index is 2.26. The van der Waals surface area contributed by atoms with E-state index in [2.05, 4.69) is 5.32 Å². The zero-order valence-electron chi connectivity index (χ0n) is 9.66. The number of hydrogen-bond acceptors (Lipinski definition) is 3. The van der Waals surface area contributed by atoms with Crippen LogP contribution in [0.2, 0.25) is 0 Å². The van der Waals surface area contributed by atoms with Crippen LogP contribution in [0.4, 0.5) is 5.69 Å². The Morgan fingerprint density at radius 2 is 2.06 bits per heavy atom. The maximum atomic E-state index is 11.5. The minimum atomic E-state index is 0.0324. The van der Waals surface area contributed by atoms with E-state index in [1.54, 1.807) is 18.9 Å². The normalized spacial score (nSPS) is 10.1. The largest absolute Gasteiger partial charge is 0.384 e. The Bertz CT molecular complexity index is 324. The number of amides is 1. The van der Waals surface area contributed by atoms with Crippen LogP contribution in [-0.2, 0) is 9.53 Å². The van der Waals surface area contributed by atoms with Gasteiger partial charge in [-0.25, -0.2) is 0 Å². The highest BCUT2D eigenvalue weighted by atomic mass is 32.2. The summed E-state index contributed by atoms with van der Waals surface area (Å²) in [4.78, 5) is 11.5. The topological polar surface area (TPSA) is 38.3 Å². The van der Waals surface area contributed by atoms with Crippen molar-refractivity contribution >= 4 is 23.4 Å². The lowest BCUT2D eigenvalue weighted by molar-refractivity contribution is -0.113. The molecule has 0 spiro atoms. The van der Waals surface area contributed by atoms with Gasteiger partial charge in [0.15, 0.2) is 0 Å². The van der Waals surface area contributed by atoms with Crippen molar-refractivity contribution in [3.8, 4) is 0 Å². The van der Waals surface area contributed by atoms with Crippen LogP contribution in [0.5, 0.6) is 0 Å². The number of carbonyl (C=O) groups excluding carboxylic acids is 1. The summed E-state index contributed by atoms with van der Waals surface area (Å²) in [6, 6.07) is 7.78. The Labute approximate surface area is 101 Å². The second-order valence-electron chi connectivity index (χ2n) is 3.46. The average Bonchev–Trinajstić information content (AvgIpc) is 2.28. The van der Waals surface area contributed by atoms with Crippen molar-refractivity contribution in [3.63, 3.8) is 0 Å². The van der Waals surface area contributed by atoms with Crippen molar-refractivity contribution in [3.05, 3.63) is 29.8 Å². The van der Waals surface area contributed by atoms with Gasteiger partial charge in [-0.2, -0.15) is 0 Å². The van der Waals surface area contributed by atoms with Gasteiger partial charge in [0, 0.05) is 18.6 Å². The molecule has 4 heteroatoms. The fraction of sp³-hybridized carbons (Fsp3) is 0.417. The number of aryl methyl sites for hydroxylation is 1. The molecule has 0 aliphatic rings. The van der Waals surface area contributed by atoms with E-state index in [9.17, 15) is 4.79 Å². The van der Waals surface area contributed by atoms with Crippen LogP contribution in [0.15, 0.2) is 24.3 Å². The molecule has 16 heavy (non-hydrogen) atoms. The summed E-state index contributed by atoms with van der Waals surface area (Å²) >= 11 is 1.57. The molecule has 0 bridgehead atoms. The van der Waals surface area contributed by atoms with Gasteiger partial charge >= 0.3 is 0 Å². The summed E-state index contributed by atoms with van der Waals surface area (Å²) in [5, 5.41) is 2.85. The second kappa shape index (κ2) is 7.30. The lowest BCUT2D eigenvalue weighted by atomic mass is 10.2. The maximum absolute atomic E-state index is 11.5. The molecule has 0 unspecified atom stereocenters. The summed E-state index contributed by atoms with van der Waals surface area (Å²) in [6.07, 6.45) is 0. The van der Waals surface area contributed by atoms with Gasteiger partial charge in [0.05, 0.1) is 12.4 Å². The first-order chi connectivity index (χ1) is 7.72. The monoisotopic (exact) mass is 239 g/mol. The average molecular weight is 239 g/mol. The predicted octanol–water partition coefficient (Wildman–Crippen LogP) is 2.31. The van der Waals surface area contributed by atoms with E-state index in [1.807, 2.05) is 31.2 Å². The van der Waals surface area contributed by atoms with Crippen molar-refractivity contribution in [1.82, 2.24) is 0 Å². The van der Waals surface area contributed by atoms with Gasteiger partial charge in [-0.05, 0) is 19.1 Å². The highest BCUT2D eigenvalue weighted by molar-refractivity contribution is 7.99. The third kappa shape index (κ3) is 5.19. The molecule has 1 aromatic rings. The van der Waals surface area contributed by atoms with E-state index < -0.39 is 0 Å². The number of carbonyl (C=O) groups is 1. The van der Waals surface area contributed by atoms with Crippen LogP contribution in [0.3, 0.4) is 0 Å². The molecule has 0 atom stereocenters. The molecule has 0 aliphatic heterocycles. The molecule has 1 rings (SSSR count). The van der Waals surface area contributed by atoms with Gasteiger partial charge in [0.1, 0.15) is 0 Å². The number of hydrogen-bond donors (Lipinski definition) is 1. The highest BCUT2D eigenvalue weighted by Gasteiger charge is 2.01. The molecule has 3 nitrogen and oxygen atoms in total. The predicted molar refractivity (Wildman–Crippen MR) is 69.0 cm³/mol. The number of ether oxygens (including phenoxy) is 1. The third-order valence-electron chi connectivity index (χ3n) is 2.00. The Morgan fingerprint density at radius 1 is 1.38 bits per heavy atom. The van der Waals surface area contributed by atoms with E-state index in [0.717, 1.165) is 11.4 Å². The molecule has 0 saturated heterocycles. The fourth-order valence-corrected chi connectivity index (χ4v) is 1.83. The van der Waals surface area contributed by atoms with Crippen molar-refractivity contribution in [2.45, 2.75) is 6.92 Å².